The molecule has 0 aliphatic carbocycles. The van der Waals surface area contributed by atoms with Gasteiger partial charge in [0, 0.05) is 11.6 Å². The van der Waals surface area contributed by atoms with E-state index in [0.29, 0.717) is 17.1 Å². The molecule has 0 saturated heterocycles. The van der Waals surface area contributed by atoms with Crippen molar-refractivity contribution in [3.63, 3.8) is 0 Å². The summed E-state index contributed by atoms with van der Waals surface area (Å²) in [5.41, 5.74) is 0.508. The molecule has 0 unspecified atom stereocenters. The van der Waals surface area contributed by atoms with E-state index in [4.69, 9.17) is 4.42 Å². The van der Waals surface area contributed by atoms with Gasteiger partial charge in [-0.05, 0) is 30.3 Å². The molecule has 0 spiro atoms. The molecule has 0 aliphatic heterocycles. The van der Waals surface area contributed by atoms with E-state index in [-0.39, 0.29) is 16.8 Å². The molecular formula is C19H11FN2O3. The van der Waals surface area contributed by atoms with Gasteiger partial charge in [0.2, 0.25) is 0 Å². The highest BCUT2D eigenvalue weighted by Gasteiger charge is 2.17. The van der Waals surface area contributed by atoms with Crippen LogP contribution in [-0.2, 0) is 0 Å². The van der Waals surface area contributed by atoms with Gasteiger partial charge in [-0.25, -0.2) is 4.39 Å². The van der Waals surface area contributed by atoms with Gasteiger partial charge in [-0.3, -0.25) is 10.1 Å². The highest BCUT2D eigenvalue weighted by molar-refractivity contribution is 5.89. The number of halogens is 1. The van der Waals surface area contributed by atoms with Crippen LogP contribution in [0.4, 0.5) is 10.1 Å². The molecule has 0 fully saturated rings. The normalized spacial score (nSPS) is 11.1. The number of allylic oxidation sites excluding steroid dienone is 1. The summed E-state index contributed by atoms with van der Waals surface area (Å²) >= 11 is 0. The van der Waals surface area contributed by atoms with Gasteiger partial charge in [0.05, 0.1) is 22.1 Å². The molecule has 0 radical (unpaired) electrons. The van der Waals surface area contributed by atoms with Crippen molar-refractivity contribution in [2.75, 3.05) is 0 Å². The van der Waals surface area contributed by atoms with E-state index >= 15 is 0 Å². The maximum atomic E-state index is 13.8. The van der Waals surface area contributed by atoms with Gasteiger partial charge >= 0.3 is 0 Å². The van der Waals surface area contributed by atoms with Crippen molar-refractivity contribution in [1.29, 1.82) is 5.26 Å². The van der Waals surface area contributed by atoms with Crippen molar-refractivity contribution in [3.05, 3.63) is 87.9 Å². The summed E-state index contributed by atoms with van der Waals surface area (Å²) in [6, 6.07) is 17.2. The molecule has 0 N–H and O–H groups in total. The van der Waals surface area contributed by atoms with E-state index in [0.717, 1.165) is 0 Å². The summed E-state index contributed by atoms with van der Waals surface area (Å²) in [5.74, 6) is 0.0816. The molecule has 3 rings (SSSR count). The topological polar surface area (TPSA) is 80.1 Å². The van der Waals surface area contributed by atoms with Crippen LogP contribution in [-0.4, -0.2) is 4.92 Å². The average Bonchev–Trinajstić information content (AvgIpc) is 3.09. The number of benzene rings is 2. The Kier molecular flexibility index (Phi) is 4.40. The number of hydrogen-bond donors (Lipinski definition) is 0. The molecule has 0 saturated carbocycles. The van der Waals surface area contributed by atoms with E-state index in [2.05, 4.69) is 0 Å². The maximum Gasteiger partial charge on any atom is 0.280 e. The second-order valence-electron chi connectivity index (χ2n) is 5.13. The number of para-hydroxylation sites is 1. The van der Waals surface area contributed by atoms with Crippen molar-refractivity contribution in [1.82, 2.24) is 0 Å². The Balaban J connectivity index is 2.01. The van der Waals surface area contributed by atoms with E-state index < -0.39 is 10.7 Å². The fourth-order valence-electron chi connectivity index (χ4n) is 2.41. The van der Waals surface area contributed by atoms with Gasteiger partial charge in [-0.1, -0.05) is 30.3 Å². The Morgan fingerprint density at radius 1 is 1.12 bits per heavy atom. The van der Waals surface area contributed by atoms with E-state index in [1.807, 2.05) is 6.07 Å². The van der Waals surface area contributed by atoms with Crippen LogP contribution in [0.5, 0.6) is 0 Å². The molecular weight excluding hydrogens is 323 g/mol. The van der Waals surface area contributed by atoms with Crippen molar-refractivity contribution < 1.29 is 13.7 Å². The molecule has 1 heterocycles. The van der Waals surface area contributed by atoms with Crippen LogP contribution in [0.1, 0.15) is 11.3 Å². The summed E-state index contributed by atoms with van der Waals surface area (Å²) in [4.78, 5) is 10.6. The maximum absolute atomic E-state index is 13.8. The lowest BCUT2D eigenvalue weighted by atomic mass is 10.1. The molecule has 2 aromatic carbocycles. The highest BCUT2D eigenvalue weighted by Crippen LogP contribution is 2.32. The molecule has 5 nitrogen and oxygen atoms in total. The van der Waals surface area contributed by atoms with Gasteiger partial charge in [-0.15, -0.1) is 0 Å². The lowest BCUT2D eigenvalue weighted by Crippen LogP contribution is -1.90. The number of furan rings is 1. The Bertz CT molecular complexity index is 1020. The second-order valence-corrected chi connectivity index (χ2v) is 5.13. The quantitative estimate of drug-likeness (QED) is 0.379. The number of hydrogen-bond acceptors (Lipinski definition) is 4. The first-order valence-electron chi connectivity index (χ1n) is 7.30. The third kappa shape index (κ3) is 3.31. The number of rotatable bonds is 4. The van der Waals surface area contributed by atoms with Crippen LogP contribution in [0.25, 0.3) is 23.0 Å². The van der Waals surface area contributed by atoms with E-state index in [1.165, 1.54) is 30.3 Å². The minimum absolute atomic E-state index is 0.0815. The minimum atomic E-state index is -0.513. The third-order valence-electron chi connectivity index (χ3n) is 3.56. The Labute approximate surface area is 142 Å². The SMILES string of the molecule is N#C/C(=C\c1ccc(-c2ccccc2[N+](=O)[O-])o1)c1ccccc1F. The first-order chi connectivity index (χ1) is 12.1. The second kappa shape index (κ2) is 6.81. The van der Waals surface area contributed by atoms with Gasteiger partial charge in [0.25, 0.3) is 5.69 Å². The highest BCUT2D eigenvalue weighted by atomic mass is 19.1. The Morgan fingerprint density at radius 3 is 2.56 bits per heavy atom. The van der Waals surface area contributed by atoms with Gasteiger partial charge < -0.3 is 4.42 Å². The first kappa shape index (κ1) is 16.1. The summed E-state index contributed by atoms with van der Waals surface area (Å²) in [7, 11) is 0. The molecule has 0 bridgehead atoms. The van der Waals surface area contributed by atoms with Crippen LogP contribution in [0.2, 0.25) is 0 Å². The fraction of sp³-hybridized carbons (Fsp3) is 0. The first-order valence-corrected chi connectivity index (χ1v) is 7.30. The zero-order chi connectivity index (χ0) is 17.8. The molecule has 6 heteroatoms. The Hall–Kier alpha value is -3.72. The smallest absolute Gasteiger partial charge is 0.280 e. The van der Waals surface area contributed by atoms with Crippen molar-refractivity contribution in [2.45, 2.75) is 0 Å². The van der Waals surface area contributed by atoms with E-state index in [1.54, 1.807) is 36.4 Å². The summed E-state index contributed by atoms with van der Waals surface area (Å²) in [5, 5.41) is 20.4. The number of nitrogens with zero attached hydrogens (tertiary/aromatic N) is 2. The van der Waals surface area contributed by atoms with Crippen LogP contribution in [0.3, 0.4) is 0 Å². The summed E-state index contributed by atoms with van der Waals surface area (Å²) in [6.45, 7) is 0. The molecule has 0 amide bonds. The van der Waals surface area contributed by atoms with Gasteiger partial charge in [0.1, 0.15) is 17.3 Å². The fourth-order valence-corrected chi connectivity index (χ4v) is 2.41. The molecule has 3 aromatic rings. The van der Waals surface area contributed by atoms with Crippen LogP contribution < -0.4 is 0 Å². The lowest BCUT2D eigenvalue weighted by Gasteiger charge is -2.00. The summed E-state index contributed by atoms with van der Waals surface area (Å²) in [6.07, 6.45) is 1.40. The zero-order valence-electron chi connectivity index (χ0n) is 12.8. The minimum Gasteiger partial charge on any atom is -0.456 e. The van der Waals surface area contributed by atoms with E-state index in [9.17, 15) is 19.8 Å². The number of nitro benzene ring substituents is 1. The number of nitro groups is 1. The Morgan fingerprint density at radius 2 is 1.84 bits per heavy atom. The molecule has 25 heavy (non-hydrogen) atoms. The molecule has 1 aromatic heterocycles. The average molecular weight is 334 g/mol. The number of nitriles is 1. The summed E-state index contributed by atoms with van der Waals surface area (Å²) < 4.78 is 19.4. The van der Waals surface area contributed by atoms with Crippen molar-refractivity contribution in [2.24, 2.45) is 0 Å². The lowest BCUT2D eigenvalue weighted by molar-refractivity contribution is -0.384. The largest absolute Gasteiger partial charge is 0.456 e. The molecule has 0 aliphatic rings. The third-order valence-corrected chi connectivity index (χ3v) is 3.56. The van der Waals surface area contributed by atoms with Crippen molar-refractivity contribution in [3.8, 4) is 17.4 Å². The standard InChI is InChI=1S/C19H11FN2O3/c20-17-7-3-1-5-15(17)13(12-21)11-14-9-10-19(25-14)16-6-2-4-8-18(16)22(23)24/h1-11H/b13-11+. The van der Waals surface area contributed by atoms with Crippen LogP contribution in [0.15, 0.2) is 65.1 Å². The van der Waals surface area contributed by atoms with Crippen LogP contribution >= 0.6 is 0 Å². The molecule has 122 valence electrons. The van der Waals surface area contributed by atoms with Gasteiger partial charge in [-0.2, -0.15) is 5.26 Å². The monoisotopic (exact) mass is 334 g/mol. The zero-order valence-corrected chi connectivity index (χ0v) is 12.8. The van der Waals surface area contributed by atoms with Crippen LogP contribution in [0, 0.1) is 27.3 Å². The van der Waals surface area contributed by atoms with Gasteiger partial charge in [0.15, 0.2) is 0 Å². The predicted molar refractivity (Wildman–Crippen MR) is 90.7 cm³/mol. The predicted octanol–water partition coefficient (Wildman–Crippen LogP) is 5.06. The van der Waals surface area contributed by atoms with Crippen molar-refractivity contribution >= 4 is 17.3 Å². The molecule has 0 atom stereocenters.